The molecule has 0 fully saturated rings. The van der Waals surface area contributed by atoms with Crippen LogP contribution in [-0.2, 0) is 6.42 Å². The standard InChI is InChI=1S/C14H15F3N2S/c1-3-18-13(6-10-7-20-8(2)19-10)9-4-11(15)14(17)12(16)5-9/h4-5,7,13,18H,3,6H2,1-2H3. The van der Waals surface area contributed by atoms with Gasteiger partial charge in [0.2, 0.25) is 0 Å². The molecule has 1 N–H and O–H groups in total. The van der Waals surface area contributed by atoms with Crippen LogP contribution < -0.4 is 5.32 Å². The number of rotatable bonds is 5. The zero-order valence-electron chi connectivity index (χ0n) is 11.2. The van der Waals surface area contributed by atoms with Gasteiger partial charge in [0.1, 0.15) is 0 Å². The fraction of sp³-hybridized carbons (Fsp3) is 0.357. The van der Waals surface area contributed by atoms with Crippen LogP contribution in [0, 0.1) is 24.4 Å². The zero-order valence-corrected chi connectivity index (χ0v) is 12.0. The first-order valence-corrected chi connectivity index (χ1v) is 7.18. The number of hydrogen-bond acceptors (Lipinski definition) is 3. The van der Waals surface area contributed by atoms with Gasteiger partial charge in [0.25, 0.3) is 0 Å². The molecular formula is C14H15F3N2S. The van der Waals surface area contributed by atoms with Crippen LogP contribution in [0.4, 0.5) is 13.2 Å². The Balaban J connectivity index is 2.28. The van der Waals surface area contributed by atoms with Gasteiger partial charge < -0.3 is 5.32 Å². The average molecular weight is 300 g/mol. The molecule has 2 nitrogen and oxygen atoms in total. The Morgan fingerprint density at radius 2 is 1.90 bits per heavy atom. The zero-order chi connectivity index (χ0) is 14.7. The minimum absolute atomic E-state index is 0.300. The summed E-state index contributed by atoms with van der Waals surface area (Å²) in [5.41, 5.74) is 1.23. The van der Waals surface area contributed by atoms with Gasteiger partial charge in [-0.05, 0) is 31.2 Å². The molecule has 0 bridgehead atoms. The SMILES string of the molecule is CCNC(Cc1csc(C)n1)c1cc(F)c(F)c(F)c1. The van der Waals surface area contributed by atoms with Gasteiger partial charge >= 0.3 is 0 Å². The van der Waals surface area contributed by atoms with E-state index in [1.165, 1.54) is 11.3 Å². The van der Waals surface area contributed by atoms with E-state index in [2.05, 4.69) is 10.3 Å². The number of nitrogens with zero attached hydrogens (tertiary/aromatic N) is 1. The van der Waals surface area contributed by atoms with Gasteiger partial charge in [0, 0.05) is 17.8 Å². The summed E-state index contributed by atoms with van der Waals surface area (Å²) in [6.45, 7) is 4.43. The minimum Gasteiger partial charge on any atom is -0.310 e. The topological polar surface area (TPSA) is 24.9 Å². The van der Waals surface area contributed by atoms with Gasteiger partial charge in [-0.2, -0.15) is 0 Å². The lowest BCUT2D eigenvalue weighted by atomic mass is 10.0. The molecule has 6 heteroatoms. The summed E-state index contributed by atoms with van der Waals surface area (Å²) >= 11 is 1.52. The van der Waals surface area contributed by atoms with Crippen LogP contribution in [0.1, 0.15) is 29.2 Å². The van der Waals surface area contributed by atoms with E-state index in [1.54, 1.807) is 0 Å². The number of hydrogen-bond donors (Lipinski definition) is 1. The summed E-state index contributed by atoms with van der Waals surface area (Å²) < 4.78 is 39.7. The Hall–Kier alpha value is -1.40. The third-order valence-electron chi connectivity index (χ3n) is 2.94. The van der Waals surface area contributed by atoms with E-state index < -0.39 is 17.5 Å². The van der Waals surface area contributed by atoms with Gasteiger partial charge in [0.05, 0.1) is 10.7 Å². The molecule has 1 heterocycles. The molecule has 1 atom stereocenters. The highest BCUT2D eigenvalue weighted by molar-refractivity contribution is 7.09. The molecule has 2 rings (SSSR count). The molecule has 2 aromatic rings. The minimum atomic E-state index is -1.44. The second-order valence-corrected chi connectivity index (χ2v) is 5.53. The number of aryl methyl sites for hydroxylation is 1. The smallest absolute Gasteiger partial charge is 0.194 e. The van der Waals surface area contributed by atoms with Crippen molar-refractivity contribution in [1.82, 2.24) is 10.3 Å². The number of nitrogens with one attached hydrogen (secondary N) is 1. The summed E-state index contributed by atoms with van der Waals surface area (Å²) in [6.07, 6.45) is 0.503. The summed E-state index contributed by atoms with van der Waals surface area (Å²) in [6, 6.07) is 1.77. The monoisotopic (exact) mass is 300 g/mol. The summed E-state index contributed by atoms with van der Waals surface area (Å²) in [7, 11) is 0. The van der Waals surface area contributed by atoms with Gasteiger partial charge in [0.15, 0.2) is 17.5 Å². The Bertz CT molecular complexity index is 575. The van der Waals surface area contributed by atoms with E-state index in [9.17, 15) is 13.2 Å². The van der Waals surface area contributed by atoms with E-state index in [4.69, 9.17) is 0 Å². The Labute approximate surface area is 119 Å². The molecule has 0 aliphatic carbocycles. The van der Waals surface area contributed by atoms with Gasteiger partial charge in [-0.1, -0.05) is 6.92 Å². The molecule has 20 heavy (non-hydrogen) atoms. The first-order chi connectivity index (χ1) is 9.51. The van der Waals surface area contributed by atoms with Gasteiger partial charge in [-0.3, -0.25) is 0 Å². The molecule has 0 saturated heterocycles. The van der Waals surface area contributed by atoms with Crippen LogP contribution in [0.15, 0.2) is 17.5 Å². The highest BCUT2D eigenvalue weighted by atomic mass is 32.1. The first-order valence-electron chi connectivity index (χ1n) is 6.30. The number of thiazole rings is 1. The highest BCUT2D eigenvalue weighted by Crippen LogP contribution is 2.23. The maximum Gasteiger partial charge on any atom is 0.194 e. The van der Waals surface area contributed by atoms with Crippen LogP contribution in [0.2, 0.25) is 0 Å². The molecule has 1 aromatic carbocycles. The second kappa shape index (κ2) is 6.37. The van der Waals surface area contributed by atoms with Crippen molar-refractivity contribution in [2.75, 3.05) is 6.54 Å². The lowest BCUT2D eigenvalue weighted by Gasteiger charge is -2.17. The molecule has 0 spiro atoms. The predicted molar refractivity (Wildman–Crippen MR) is 73.3 cm³/mol. The molecule has 0 radical (unpaired) electrons. The fourth-order valence-electron chi connectivity index (χ4n) is 2.04. The van der Waals surface area contributed by atoms with Crippen molar-refractivity contribution in [2.24, 2.45) is 0 Å². The number of halogens is 3. The van der Waals surface area contributed by atoms with E-state index in [0.717, 1.165) is 22.8 Å². The normalized spacial score (nSPS) is 12.7. The Kier molecular flexibility index (Phi) is 4.77. The highest BCUT2D eigenvalue weighted by Gasteiger charge is 2.18. The largest absolute Gasteiger partial charge is 0.310 e. The predicted octanol–water partition coefficient (Wildman–Crippen LogP) is 3.76. The number of likely N-dealkylation sites (N-methyl/N-ethyl adjacent to an activating group) is 1. The van der Waals surface area contributed by atoms with Crippen LogP contribution >= 0.6 is 11.3 Å². The molecule has 0 saturated carbocycles. The van der Waals surface area contributed by atoms with E-state index in [1.807, 2.05) is 19.2 Å². The lowest BCUT2D eigenvalue weighted by Crippen LogP contribution is -2.23. The van der Waals surface area contributed by atoms with Crippen molar-refractivity contribution in [1.29, 1.82) is 0 Å². The van der Waals surface area contributed by atoms with Gasteiger partial charge in [-0.15, -0.1) is 11.3 Å². The number of aromatic nitrogens is 1. The first kappa shape index (κ1) is 15.0. The second-order valence-electron chi connectivity index (χ2n) is 4.47. The summed E-state index contributed by atoms with van der Waals surface area (Å²) in [5, 5.41) is 5.99. The molecule has 0 aliphatic heterocycles. The quantitative estimate of drug-likeness (QED) is 0.850. The van der Waals surface area contributed by atoms with Crippen molar-refractivity contribution < 1.29 is 13.2 Å². The van der Waals surface area contributed by atoms with Crippen molar-refractivity contribution in [3.05, 3.63) is 51.2 Å². The molecule has 0 amide bonds. The van der Waals surface area contributed by atoms with Crippen molar-refractivity contribution in [2.45, 2.75) is 26.3 Å². The maximum atomic E-state index is 13.3. The number of benzene rings is 1. The molecule has 108 valence electrons. The van der Waals surface area contributed by atoms with E-state index in [-0.39, 0.29) is 6.04 Å². The van der Waals surface area contributed by atoms with E-state index >= 15 is 0 Å². The third kappa shape index (κ3) is 3.37. The third-order valence-corrected chi connectivity index (χ3v) is 3.76. The van der Waals surface area contributed by atoms with Crippen LogP contribution in [0.5, 0.6) is 0 Å². The van der Waals surface area contributed by atoms with Crippen molar-refractivity contribution in [3.63, 3.8) is 0 Å². The van der Waals surface area contributed by atoms with Crippen LogP contribution in [-0.4, -0.2) is 11.5 Å². The van der Waals surface area contributed by atoms with Gasteiger partial charge in [-0.25, -0.2) is 18.2 Å². The Morgan fingerprint density at radius 3 is 2.40 bits per heavy atom. The van der Waals surface area contributed by atoms with E-state index in [0.29, 0.717) is 18.5 Å². The lowest BCUT2D eigenvalue weighted by molar-refractivity contribution is 0.439. The van der Waals surface area contributed by atoms with Crippen molar-refractivity contribution >= 4 is 11.3 Å². The fourth-order valence-corrected chi connectivity index (χ4v) is 2.67. The molecular weight excluding hydrogens is 285 g/mol. The molecule has 1 aromatic heterocycles. The molecule has 1 unspecified atom stereocenters. The maximum absolute atomic E-state index is 13.3. The summed E-state index contributed by atoms with van der Waals surface area (Å²) in [4.78, 5) is 4.34. The molecule has 0 aliphatic rings. The Morgan fingerprint density at radius 1 is 1.25 bits per heavy atom. The van der Waals surface area contributed by atoms with Crippen LogP contribution in [0.3, 0.4) is 0 Å². The average Bonchev–Trinajstić information content (AvgIpc) is 2.80. The van der Waals surface area contributed by atoms with Crippen molar-refractivity contribution in [3.8, 4) is 0 Å². The van der Waals surface area contributed by atoms with Crippen LogP contribution in [0.25, 0.3) is 0 Å². The summed E-state index contributed by atoms with van der Waals surface area (Å²) in [5.74, 6) is -3.77.